The van der Waals surface area contributed by atoms with E-state index in [-0.39, 0.29) is 0 Å². The highest BCUT2D eigenvalue weighted by Gasteiger charge is 2.12. The Balaban J connectivity index is 1.99. The molecule has 0 amide bonds. The molecule has 128 valence electrons. The number of hydrogen-bond acceptors (Lipinski definition) is 4. The molecule has 0 aliphatic rings. The largest absolute Gasteiger partial charge is 0.490 e. The van der Waals surface area contributed by atoms with Gasteiger partial charge in [-0.2, -0.15) is 0 Å². The maximum absolute atomic E-state index is 11.0. The van der Waals surface area contributed by atoms with E-state index in [9.17, 15) is 4.79 Å². The zero-order chi connectivity index (χ0) is 17.5. The van der Waals surface area contributed by atoms with Crippen molar-refractivity contribution in [1.29, 1.82) is 0 Å². The molecule has 0 atom stereocenters. The minimum Gasteiger partial charge on any atom is -0.490 e. The van der Waals surface area contributed by atoms with Gasteiger partial charge < -0.3 is 14.2 Å². The van der Waals surface area contributed by atoms with Crippen molar-refractivity contribution >= 4 is 22.2 Å². The first-order valence-electron chi connectivity index (χ1n) is 7.79. The van der Waals surface area contributed by atoms with Gasteiger partial charge in [0.25, 0.3) is 0 Å². The van der Waals surface area contributed by atoms with E-state index in [0.717, 1.165) is 17.6 Å². The third kappa shape index (κ3) is 4.74. The van der Waals surface area contributed by atoms with Crippen LogP contribution in [-0.4, -0.2) is 26.1 Å². The monoisotopic (exact) mass is 392 g/mol. The van der Waals surface area contributed by atoms with Gasteiger partial charge >= 0.3 is 0 Å². The van der Waals surface area contributed by atoms with E-state index in [1.807, 2.05) is 26.0 Å². The summed E-state index contributed by atoms with van der Waals surface area (Å²) in [6, 6.07) is 9.44. The molecule has 0 spiro atoms. The fraction of sp³-hybridized carbons (Fsp3) is 0.316. The summed E-state index contributed by atoms with van der Waals surface area (Å²) in [4.78, 5) is 11.0. The van der Waals surface area contributed by atoms with E-state index in [2.05, 4.69) is 28.9 Å². The van der Waals surface area contributed by atoms with Crippen LogP contribution in [0.5, 0.6) is 17.2 Å². The van der Waals surface area contributed by atoms with Gasteiger partial charge in [-0.3, -0.25) is 4.79 Å². The Morgan fingerprint density at radius 3 is 2.42 bits per heavy atom. The molecular weight excluding hydrogens is 372 g/mol. The molecule has 2 aromatic carbocycles. The second-order valence-corrected chi connectivity index (χ2v) is 6.20. The predicted octanol–water partition coefficient (Wildman–Crippen LogP) is 4.73. The van der Waals surface area contributed by atoms with Gasteiger partial charge in [0.15, 0.2) is 11.5 Å². The van der Waals surface area contributed by atoms with Crippen molar-refractivity contribution in [1.82, 2.24) is 0 Å². The summed E-state index contributed by atoms with van der Waals surface area (Å²) in [5.41, 5.74) is 2.84. The molecular formula is C19H21BrO4. The highest BCUT2D eigenvalue weighted by molar-refractivity contribution is 9.10. The molecule has 0 fully saturated rings. The fourth-order valence-corrected chi connectivity index (χ4v) is 2.89. The van der Waals surface area contributed by atoms with Crippen LogP contribution in [0.4, 0.5) is 0 Å². The number of carbonyl (C=O) groups is 1. The van der Waals surface area contributed by atoms with Gasteiger partial charge in [-0.05, 0) is 60.5 Å². The molecule has 0 radical (unpaired) electrons. The summed E-state index contributed by atoms with van der Waals surface area (Å²) in [7, 11) is 0. The lowest BCUT2D eigenvalue weighted by molar-refractivity contribution is 0.112. The number of carbonyl (C=O) groups excluding carboxylic acids is 1. The third-order valence-corrected chi connectivity index (χ3v) is 3.97. The fourth-order valence-electron chi connectivity index (χ4n) is 2.32. The normalized spacial score (nSPS) is 10.3. The van der Waals surface area contributed by atoms with Crippen LogP contribution < -0.4 is 14.2 Å². The van der Waals surface area contributed by atoms with Crippen molar-refractivity contribution in [2.45, 2.75) is 20.8 Å². The van der Waals surface area contributed by atoms with E-state index in [1.54, 1.807) is 12.1 Å². The minimum atomic E-state index is 0.367. The first-order valence-corrected chi connectivity index (χ1v) is 8.58. The molecule has 0 aliphatic carbocycles. The number of hydrogen-bond donors (Lipinski definition) is 0. The molecule has 24 heavy (non-hydrogen) atoms. The van der Waals surface area contributed by atoms with Crippen LogP contribution in [0.15, 0.2) is 34.8 Å². The highest BCUT2D eigenvalue weighted by atomic mass is 79.9. The highest BCUT2D eigenvalue weighted by Crippen LogP contribution is 2.36. The SMILES string of the molecule is CCOc1cc(C=O)cc(Br)c1OCCOc1ccc(C)cc1C. The van der Waals surface area contributed by atoms with Crippen molar-refractivity contribution in [3.63, 3.8) is 0 Å². The lowest BCUT2D eigenvalue weighted by atomic mass is 10.1. The summed E-state index contributed by atoms with van der Waals surface area (Å²) in [5.74, 6) is 1.97. The molecule has 2 rings (SSSR count). The lowest BCUT2D eigenvalue weighted by Crippen LogP contribution is -2.11. The zero-order valence-electron chi connectivity index (χ0n) is 14.1. The Morgan fingerprint density at radius 1 is 1.00 bits per heavy atom. The lowest BCUT2D eigenvalue weighted by Gasteiger charge is -2.15. The van der Waals surface area contributed by atoms with Crippen molar-refractivity contribution in [2.24, 2.45) is 0 Å². The van der Waals surface area contributed by atoms with Crippen LogP contribution >= 0.6 is 15.9 Å². The molecule has 0 bridgehead atoms. The summed E-state index contributed by atoms with van der Waals surface area (Å²) in [6.07, 6.45) is 0.778. The van der Waals surface area contributed by atoms with Gasteiger partial charge in [-0.1, -0.05) is 17.7 Å². The molecule has 0 heterocycles. The molecule has 0 aromatic heterocycles. The summed E-state index contributed by atoms with van der Waals surface area (Å²) in [5, 5.41) is 0. The smallest absolute Gasteiger partial charge is 0.175 e. The van der Waals surface area contributed by atoms with Crippen LogP contribution in [0.2, 0.25) is 0 Å². The number of rotatable bonds is 8. The van der Waals surface area contributed by atoms with E-state index >= 15 is 0 Å². The van der Waals surface area contributed by atoms with Crippen molar-refractivity contribution in [3.8, 4) is 17.2 Å². The molecule has 0 unspecified atom stereocenters. The Labute approximate surface area is 150 Å². The van der Waals surface area contributed by atoms with Crippen molar-refractivity contribution in [2.75, 3.05) is 19.8 Å². The van der Waals surface area contributed by atoms with Crippen LogP contribution in [0, 0.1) is 13.8 Å². The van der Waals surface area contributed by atoms with Gasteiger partial charge in [0.1, 0.15) is 25.2 Å². The molecule has 0 N–H and O–H groups in total. The van der Waals surface area contributed by atoms with Crippen LogP contribution in [0.25, 0.3) is 0 Å². The number of halogens is 1. The van der Waals surface area contributed by atoms with Crippen LogP contribution in [-0.2, 0) is 0 Å². The van der Waals surface area contributed by atoms with E-state index < -0.39 is 0 Å². The molecule has 0 saturated heterocycles. The maximum Gasteiger partial charge on any atom is 0.175 e. The van der Waals surface area contributed by atoms with Crippen LogP contribution in [0.1, 0.15) is 28.4 Å². The van der Waals surface area contributed by atoms with Gasteiger partial charge in [0, 0.05) is 5.56 Å². The van der Waals surface area contributed by atoms with Gasteiger partial charge in [0.05, 0.1) is 11.1 Å². The standard InChI is InChI=1S/C19H21BrO4/c1-4-22-18-11-15(12-21)10-16(20)19(18)24-8-7-23-17-6-5-13(2)9-14(17)3/h5-6,9-12H,4,7-8H2,1-3H3. The molecule has 0 saturated carbocycles. The van der Waals surface area contributed by atoms with E-state index in [1.165, 1.54) is 5.56 Å². The van der Waals surface area contributed by atoms with Crippen molar-refractivity contribution in [3.05, 3.63) is 51.5 Å². The summed E-state index contributed by atoms with van der Waals surface area (Å²) < 4.78 is 17.8. The molecule has 5 heteroatoms. The summed E-state index contributed by atoms with van der Waals surface area (Å²) >= 11 is 3.42. The van der Waals surface area contributed by atoms with Gasteiger partial charge in [-0.25, -0.2) is 0 Å². The summed E-state index contributed by atoms with van der Waals surface area (Å²) in [6.45, 7) is 7.23. The topological polar surface area (TPSA) is 44.8 Å². The number of ether oxygens (including phenoxy) is 3. The van der Waals surface area contributed by atoms with E-state index in [0.29, 0.717) is 41.4 Å². The minimum absolute atomic E-state index is 0.367. The Kier molecular flexibility index (Phi) is 6.67. The Hall–Kier alpha value is -2.01. The third-order valence-electron chi connectivity index (χ3n) is 3.39. The van der Waals surface area contributed by atoms with Gasteiger partial charge in [0.2, 0.25) is 0 Å². The maximum atomic E-state index is 11.0. The average molecular weight is 393 g/mol. The second-order valence-electron chi connectivity index (χ2n) is 5.35. The van der Waals surface area contributed by atoms with Crippen LogP contribution in [0.3, 0.4) is 0 Å². The number of aldehydes is 1. The quantitative estimate of drug-likeness (QED) is 0.480. The predicted molar refractivity (Wildman–Crippen MR) is 97.6 cm³/mol. The van der Waals surface area contributed by atoms with Gasteiger partial charge in [-0.15, -0.1) is 0 Å². The zero-order valence-corrected chi connectivity index (χ0v) is 15.7. The molecule has 0 aliphatic heterocycles. The second kappa shape index (κ2) is 8.73. The Morgan fingerprint density at radius 2 is 1.75 bits per heavy atom. The average Bonchev–Trinajstić information content (AvgIpc) is 2.55. The Bertz CT molecular complexity index is 713. The molecule has 4 nitrogen and oxygen atoms in total. The first-order chi connectivity index (χ1) is 11.5. The van der Waals surface area contributed by atoms with Crippen molar-refractivity contribution < 1.29 is 19.0 Å². The number of benzene rings is 2. The van der Waals surface area contributed by atoms with E-state index in [4.69, 9.17) is 14.2 Å². The molecule has 2 aromatic rings. The number of aryl methyl sites for hydroxylation is 2. The first kappa shape index (κ1) is 18.3.